The summed E-state index contributed by atoms with van der Waals surface area (Å²) in [6, 6.07) is 3.46. The first-order valence-electron chi connectivity index (χ1n) is 9.41. The second-order valence-corrected chi connectivity index (χ2v) is 8.65. The van der Waals surface area contributed by atoms with Gasteiger partial charge in [-0.25, -0.2) is 14.6 Å². The molecule has 3 rings (SSSR count). The van der Waals surface area contributed by atoms with Crippen LogP contribution >= 0.6 is 11.6 Å². The number of nitrogens with zero attached hydrogens (tertiary/aromatic N) is 2. The highest BCUT2D eigenvalue weighted by atomic mass is 35.5. The van der Waals surface area contributed by atoms with Gasteiger partial charge in [-0.1, -0.05) is 11.6 Å². The molecule has 1 aromatic rings. The highest BCUT2D eigenvalue weighted by Gasteiger charge is 2.41. The van der Waals surface area contributed by atoms with E-state index in [0.717, 1.165) is 32.1 Å². The molecule has 2 fully saturated rings. The third-order valence-corrected chi connectivity index (χ3v) is 5.11. The monoisotopic (exact) mass is 394 g/mol. The Morgan fingerprint density at radius 1 is 1.26 bits per heavy atom. The molecule has 3 heterocycles. The third kappa shape index (κ3) is 5.25. The lowest BCUT2D eigenvalue weighted by atomic mass is 9.82. The summed E-state index contributed by atoms with van der Waals surface area (Å²) in [7, 11) is 0. The zero-order valence-electron chi connectivity index (χ0n) is 16.0. The van der Waals surface area contributed by atoms with Crippen molar-refractivity contribution in [3.05, 3.63) is 23.5 Å². The minimum absolute atomic E-state index is 0.0227. The number of carbonyl (C=O) groups is 2. The molecule has 2 N–H and O–H groups in total. The largest absolute Gasteiger partial charge is 0.444 e. The fourth-order valence-electron chi connectivity index (χ4n) is 3.97. The second kappa shape index (κ2) is 7.92. The molecule has 0 aromatic carbocycles. The van der Waals surface area contributed by atoms with Crippen molar-refractivity contribution in [1.29, 1.82) is 0 Å². The van der Waals surface area contributed by atoms with Gasteiger partial charge in [0.05, 0.1) is 0 Å². The van der Waals surface area contributed by atoms with E-state index < -0.39 is 11.7 Å². The van der Waals surface area contributed by atoms with Gasteiger partial charge >= 0.3 is 12.1 Å². The Hall–Kier alpha value is -2.02. The molecule has 0 aliphatic carbocycles. The van der Waals surface area contributed by atoms with Crippen LogP contribution in [0, 0.1) is 0 Å². The van der Waals surface area contributed by atoms with Gasteiger partial charge in [-0.05, 0) is 65.0 Å². The molecule has 2 aliphatic heterocycles. The lowest BCUT2D eigenvalue weighted by Gasteiger charge is -2.48. The maximum atomic E-state index is 12.8. The van der Waals surface area contributed by atoms with Gasteiger partial charge in [-0.2, -0.15) is 0 Å². The number of fused-ring (bicyclic) bond motifs is 2. The molecular weight excluding hydrogens is 368 g/mol. The minimum Gasteiger partial charge on any atom is -0.444 e. The molecular formula is C19H27ClN4O3. The van der Waals surface area contributed by atoms with E-state index in [1.54, 1.807) is 18.3 Å². The van der Waals surface area contributed by atoms with Gasteiger partial charge in [0.15, 0.2) is 0 Å². The molecule has 27 heavy (non-hydrogen) atoms. The topological polar surface area (TPSA) is 83.6 Å². The van der Waals surface area contributed by atoms with Crippen molar-refractivity contribution in [2.24, 2.45) is 0 Å². The molecule has 0 saturated carbocycles. The van der Waals surface area contributed by atoms with Crippen LogP contribution in [0.25, 0.3) is 0 Å². The molecule has 2 bridgehead atoms. The van der Waals surface area contributed by atoms with Gasteiger partial charge in [0.1, 0.15) is 10.8 Å². The molecule has 2 aliphatic rings. The summed E-state index contributed by atoms with van der Waals surface area (Å²) in [5.41, 5.74) is 0.110. The second-order valence-electron chi connectivity index (χ2n) is 8.26. The van der Waals surface area contributed by atoms with Crippen LogP contribution in [0.4, 0.5) is 15.3 Å². The van der Waals surface area contributed by atoms with E-state index in [1.807, 2.05) is 25.7 Å². The van der Waals surface area contributed by atoms with Crippen LogP contribution in [-0.4, -0.2) is 45.7 Å². The van der Waals surface area contributed by atoms with E-state index in [0.29, 0.717) is 10.8 Å². The van der Waals surface area contributed by atoms with Gasteiger partial charge in [0.2, 0.25) is 0 Å². The van der Waals surface area contributed by atoms with Crippen molar-refractivity contribution >= 4 is 29.4 Å². The number of hydrogen-bond acceptors (Lipinski definition) is 4. The Bertz CT molecular complexity index is 692. The number of alkyl carbamates (subject to hydrolysis) is 1. The number of pyridine rings is 1. The van der Waals surface area contributed by atoms with Crippen LogP contribution in [0.2, 0.25) is 5.15 Å². The molecule has 2 atom stereocenters. The van der Waals surface area contributed by atoms with Crippen LogP contribution in [0.1, 0.15) is 52.9 Å². The number of urea groups is 1. The molecule has 8 heteroatoms. The normalized spacial score (nSPS) is 24.9. The summed E-state index contributed by atoms with van der Waals surface area (Å²) in [4.78, 5) is 30.8. The molecule has 1 aromatic heterocycles. The van der Waals surface area contributed by atoms with Crippen LogP contribution in [0.15, 0.2) is 18.3 Å². The molecule has 7 nitrogen and oxygen atoms in total. The highest BCUT2D eigenvalue weighted by Crippen LogP contribution is 2.34. The van der Waals surface area contributed by atoms with Crippen molar-refractivity contribution in [2.45, 2.75) is 76.6 Å². The minimum atomic E-state index is -0.521. The molecule has 0 spiro atoms. The number of aromatic nitrogens is 1. The van der Waals surface area contributed by atoms with Crippen molar-refractivity contribution in [2.75, 3.05) is 5.32 Å². The average molecular weight is 395 g/mol. The number of nitrogens with one attached hydrogen (secondary N) is 2. The van der Waals surface area contributed by atoms with E-state index in [9.17, 15) is 9.59 Å². The van der Waals surface area contributed by atoms with Crippen LogP contribution in [-0.2, 0) is 4.74 Å². The Morgan fingerprint density at radius 2 is 1.93 bits per heavy atom. The predicted octanol–water partition coefficient (Wildman–Crippen LogP) is 4.18. The predicted molar refractivity (Wildman–Crippen MR) is 104 cm³/mol. The first-order chi connectivity index (χ1) is 12.7. The number of piperidine rings is 2. The fraction of sp³-hybridized carbons (Fsp3) is 0.632. The van der Waals surface area contributed by atoms with Crippen LogP contribution in [0.5, 0.6) is 0 Å². The molecule has 2 unspecified atom stereocenters. The highest BCUT2D eigenvalue weighted by molar-refractivity contribution is 6.29. The molecule has 0 radical (unpaired) electrons. The fourth-order valence-corrected chi connectivity index (χ4v) is 4.15. The van der Waals surface area contributed by atoms with Gasteiger partial charge in [0.25, 0.3) is 0 Å². The summed E-state index contributed by atoms with van der Waals surface area (Å²) >= 11 is 5.90. The first-order valence-corrected chi connectivity index (χ1v) is 9.79. The number of rotatable bonds is 2. The van der Waals surface area contributed by atoms with Gasteiger partial charge in [-0.15, -0.1) is 0 Å². The maximum Gasteiger partial charge on any atom is 0.407 e. The zero-order valence-corrected chi connectivity index (χ0v) is 16.8. The zero-order chi connectivity index (χ0) is 19.6. The maximum absolute atomic E-state index is 12.8. The molecule has 2 saturated heterocycles. The summed E-state index contributed by atoms with van der Waals surface area (Å²) in [5, 5.41) is 6.23. The standard InChI is InChI=1S/C19H27ClN4O3/c1-19(2,3)27-18(26)23-13-9-14-5-4-6-15(10-13)24(14)17(25)22-12-7-8-21-16(20)11-12/h7-8,11,13-15H,4-6,9-10H2,1-3H3,(H,23,26)(H,21,22,25). The number of hydrogen-bond donors (Lipinski definition) is 2. The average Bonchev–Trinajstić information content (AvgIpc) is 2.52. The van der Waals surface area contributed by atoms with E-state index in [1.165, 1.54) is 0 Å². The quantitative estimate of drug-likeness (QED) is 0.737. The van der Waals surface area contributed by atoms with E-state index in [2.05, 4.69) is 15.6 Å². The van der Waals surface area contributed by atoms with Gasteiger partial charge in [0, 0.05) is 30.0 Å². The van der Waals surface area contributed by atoms with E-state index in [4.69, 9.17) is 16.3 Å². The summed E-state index contributed by atoms with van der Waals surface area (Å²) in [6.45, 7) is 5.54. The summed E-state index contributed by atoms with van der Waals surface area (Å²) < 4.78 is 5.37. The van der Waals surface area contributed by atoms with Gasteiger partial charge in [-0.3, -0.25) is 0 Å². The van der Waals surface area contributed by atoms with Gasteiger partial charge < -0.3 is 20.3 Å². The molecule has 3 amide bonds. The Kier molecular flexibility index (Phi) is 5.79. The van der Waals surface area contributed by atoms with E-state index in [-0.39, 0.29) is 24.2 Å². The number of halogens is 1. The lowest BCUT2D eigenvalue weighted by molar-refractivity contribution is 0.0357. The lowest BCUT2D eigenvalue weighted by Crippen LogP contribution is -2.60. The van der Waals surface area contributed by atoms with Crippen molar-refractivity contribution in [3.8, 4) is 0 Å². The Balaban J connectivity index is 1.62. The third-order valence-electron chi connectivity index (χ3n) is 4.91. The number of anilines is 1. The van der Waals surface area contributed by atoms with Crippen LogP contribution in [0.3, 0.4) is 0 Å². The van der Waals surface area contributed by atoms with Crippen molar-refractivity contribution in [3.63, 3.8) is 0 Å². The van der Waals surface area contributed by atoms with E-state index >= 15 is 0 Å². The number of amides is 3. The molecule has 148 valence electrons. The number of carbonyl (C=O) groups excluding carboxylic acids is 2. The smallest absolute Gasteiger partial charge is 0.407 e. The summed E-state index contributed by atoms with van der Waals surface area (Å²) in [5.74, 6) is 0. The Labute approximate surface area is 164 Å². The summed E-state index contributed by atoms with van der Waals surface area (Å²) in [6.07, 6.45) is 5.62. The first kappa shape index (κ1) is 19.7. The van der Waals surface area contributed by atoms with Crippen molar-refractivity contribution in [1.82, 2.24) is 15.2 Å². The SMILES string of the molecule is CC(C)(C)OC(=O)NC1CC2CCCC(C1)N2C(=O)Nc1ccnc(Cl)c1. The number of ether oxygens (including phenoxy) is 1. The Morgan fingerprint density at radius 3 is 2.52 bits per heavy atom. The van der Waals surface area contributed by atoms with Crippen molar-refractivity contribution < 1.29 is 14.3 Å². The van der Waals surface area contributed by atoms with Crippen LogP contribution < -0.4 is 10.6 Å².